The molecule has 0 bridgehead atoms. The van der Waals surface area contributed by atoms with Gasteiger partial charge in [0.2, 0.25) is 0 Å². The number of aryl methyl sites for hydroxylation is 1. The summed E-state index contributed by atoms with van der Waals surface area (Å²) in [5.41, 5.74) is 1.54. The van der Waals surface area contributed by atoms with Crippen LogP contribution < -0.4 is 5.32 Å². The molecule has 1 aromatic rings. The Morgan fingerprint density at radius 1 is 1.50 bits per heavy atom. The van der Waals surface area contributed by atoms with Gasteiger partial charge < -0.3 is 10.4 Å². The fourth-order valence-corrected chi connectivity index (χ4v) is 3.39. The molecule has 0 aliphatic heterocycles. The quantitative estimate of drug-likeness (QED) is 0.880. The minimum Gasteiger partial charge on any atom is -0.394 e. The molecule has 0 aromatic carbocycles. The van der Waals surface area contributed by atoms with Gasteiger partial charge in [-0.2, -0.15) is 0 Å². The molecule has 2 rings (SSSR count). The fourth-order valence-electron chi connectivity index (χ4n) is 2.27. The van der Waals surface area contributed by atoms with Crippen molar-refractivity contribution in [3.63, 3.8) is 0 Å². The van der Waals surface area contributed by atoms with Crippen LogP contribution in [0.15, 0.2) is 5.38 Å². The first-order valence-electron chi connectivity index (χ1n) is 6.62. The number of thiophene rings is 1. The van der Waals surface area contributed by atoms with Gasteiger partial charge in [0.25, 0.3) is 5.91 Å². The second-order valence-corrected chi connectivity index (χ2v) is 6.25. The first-order chi connectivity index (χ1) is 8.59. The molecular weight excluding hydrogens is 246 g/mol. The molecule has 1 heterocycles. The van der Waals surface area contributed by atoms with Crippen LogP contribution in [-0.4, -0.2) is 23.2 Å². The van der Waals surface area contributed by atoms with Crippen LogP contribution in [0.4, 0.5) is 0 Å². The van der Waals surface area contributed by atoms with Gasteiger partial charge in [-0.25, -0.2) is 0 Å². The van der Waals surface area contributed by atoms with Crippen molar-refractivity contribution < 1.29 is 9.90 Å². The third kappa shape index (κ3) is 2.59. The lowest BCUT2D eigenvalue weighted by atomic mass is 9.94. The summed E-state index contributed by atoms with van der Waals surface area (Å²) in [5, 5.41) is 14.3. The van der Waals surface area contributed by atoms with Crippen LogP contribution >= 0.6 is 11.3 Å². The van der Waals surface area contributed by atoms with E-state index in [1.807, 2.05) is 19.2 Å². The van der Waals surface area contributed by atoms with Crippen molar-refractivity contribution in [2.24, 2.45) is 0 Å². The number of amides is 1. The van der Waals surface area contributed by atoms with Crippen LogP contribution in [0.25, 0.3) is 0 Å². The summed E-state index contributed by atoms with van der Waals surface area (Å²) in [7, 11) is 0. The van der Waals surface area contributed by atoms with E-state index in [0.29, 0.717) is 0 Å². The van der Waals surface area contributed by atoms with Crippen molar-refractivity contribution in [3.05, 3.63) is 21.4 Å². The average molecular weight is 267 g/mol. The van der Waals surface area contributed by atoms with E-state index in [1.165, 1.54) is 23.3 Å². The summed E-state index contributed by atoms with van der Waals surface area (Å²) in [4.78, 5) is 13.7. The maximum absolute atomic E-state index is 12.3. The van der Waals surface area contributed by atoms with E-state index < -0.39 is 5.54 Å². The lowest BCUT2D eigenvalue weighted by Gasteiger charge is -2.27. The Bertz CT molecular complexity index is 435. The van der Waals surface area contributed by atoms with E-state index >= 15 is 0 Å². The highest BCUT2D eigenvalue weighted by molar-refractivity contribution is 7.10. The zero-order valence-electron chi connectivity index (χ0n) is 11.1. The van der Waals surface area contributed by atoms with Crippen molar-refractivity contribution in [1.82, 2.24) is 5.32 Å². The third-order valence-corrected chi connectivity index (χ3v) is 4.94. The molecule has 0 spiro atoms. The summed E-state index contributed by atoms with van der Waals surface area (Å²) in [6.45, 7) is 3.82. The summed E-state index contributed by atoms with van der Waals surface area (Å²) in [6.07, 6.45) is 5.26. The van der Waals surface area contributed by atoms with E-state index in [0.717, 1.165) is 24.8 Å². The zero-order chi connectivity index (χ0) is 13.2. The van der Waals surface area contributed by atoms with Gasteiger partial charge in [-0.3, -0.25) is 4.79 Å². The first kappa shape index (κ1) is 13.6. The molecule has 1 aliphatic carbocycles. The van der Waals surface area contributed by atoms with E-state index in [2.05, 4.69) is 5.32 Å². The first-order valence-corrected chi connectivity index (χ1v) is 7.50. The molecule has 1 atom stereocenters. The van der Waals surface area contributed by atoms with Gasteiger partial charge in [-0.05, 0) is 44.6 Å². The van der Waals surface area contributed by atoms with Crippen LogP contribution in [0.2, 0.25) is 0 Å². The van der Waals surface area contributed by atoms with Gasteiger partial charge in [-0.1, -0.05) is 6.92 Å². The Morgan fingerprint density at radius 3 is 2.89 bits per heavy atom. The van der Waals surface area contributed by atoms with Crippen LogP contribution in [-0.2, 0) is 12.8 Å². The van der Waals surface area contributed by atoms with Gasteiger partial charge in [0.05, 0.1) is 17.7 Å². The molecule has 100 valence electrons. The molecule has 4 heteroatoms. The van der Waals surface area contributed by atoms with Crippen molar-refractivity contribution in [2.45, 2.75) is 51.5 Å². The van der Waals surface area contributed by atoms with Crippen molar-refractivity contribution in [3.8, 4) is 0 Å². The van der Waals surface area contributed by atoms with Crippen molar-refractivity contribution in [2.75, 3.05) is 6.61 Å². The lowest BCUT2D eigenvalue weighted by Crippen LogP contribution is -2.48. The Balaban J connectivity index is 2.17. The van der Waals surface area contributed by atoms with Gasteiger partial charge in [0, 0.05) is 10.3 Å². The number of hydrogen-bond acceptors (Lipinski definition) is 3. The van der Waals surface area contributed by atoms with Gasteiger partial charge in [0.1, 0.15) is 0 Å². The predicted octanol–water partition coefficient (Wildman–Crippen LogP) is 2.52. The number of aliphatic hydroxyl groups excluding tert-OH is 1. The third-order valence-electron chi connectivity index (χ3n) is 3.85. The molecule has 0 radical (unpaired) electrons. The number of carbonyl (C=O) groups excluding carboxylic acids is 1. The van der Waals surface area contributed by atoms with E-state index in [-0.39, 0.29) is 12.5 Å². The molecule has 1 aromatic heterocycles. The molecule has 1 aliphatic rings. The molecule has 0 saturated heterocycles. The van der Waals surface area contributed by atoms with Gasteiger partial charge >= 0.3 is 0 Å². The molecular formula is C14H21NO2S. The van der Waals surface area contributed by atoms with E-state index in [1.54, 1.807) is 11.3 Å². The Labute approximate surface area is 112 Å². The van der Waals surface area contributed by atoms with Gasteiger partial charge in [0.15, 0.2) is 0 Å². The maximum Gasteiger partial charge on any atom is 0.252 e. The second kappa shape index (κ2) is 5.41. The van der Waals surface area contributed by atoms with Crippen LogP contribution in [0, 0.1) is 0 Å². The Hall–Kier alpha value is -0.870. The number of hydrogen-bond donors (Lipinski definition) is 2. The van der Waals surface area contributed by atoms with Gasteiger partial charge in [-0.15, -0.1) is 11.3 Å². The molecule has 0 saturated carbocycles. The average Bonchev–Trinajstić information content (AvgIpc) is 2.82. The summed E-state index contributed by atoms with van der Waals surface area (Å²) in [6, 6.07) is 0. The number of carbonyl (C=O) groups is 1. The Kier molecular flexibility index (Phi) is 4.07. The lowest BCUT2D eigenvalue weighted by molar-refractivity contribution is 0.0846. The minimum atomic E-state index is -0.513. The standard InChI is InChI=1S/C14H21NO2S/c1-3-14(2,9-16)15-13(17)11-8-18-12-7-5-4-6-10(11)12/h8,16H,3-7,9H2,1-2H3,(H,15,17). The van der Waals surface area contributed by atoms with Crippen molar-refractivity contribution in [1.29, 1.82) is 0 Å². The zero-order valence-corrected chi connectivity index (χ0v) is 11.9. The minimum absolute atomic E-state index is 0.0262. The smallest absolute Gasteiger partial charge is 0.252 e. The number of aliphatic hydroxyl groups is 1. The van der Waals surface area contributed by atoms with Crippen LogP contribution in [0.5, 0.6) is 0 Å². The normalized spacial score (nSPS) is 17.9. The topological polar surface area (TPSA) is 49.3 Å². The Morgan fingerprint density at radius 2 is 2.22 bits per heavy atom. The van der Waals surface area contributed by atoms with Crippen LogP contribution in [0.1, 0.15) is 53.9 Å². The fraction of sp³-hybridized carbons (Fsp3) is 0.643. The number of rotatable bonds is 4. The molecule has 1 unspecified atom stereocenters. The highest BCUT2D eigenvalue weighted by Gasteiger charge is 2.26. The summed E-state index contributed by atoms with van der Waals surface area (Å²) >= 11 is 1.70. The highest BCUT2D eigenvalue weighted by Crippen LogP contribution is 2.30. The number of nitrogens with one attached hydrogen (secondary N) is 1. The largest absolute Gasteiger partial charge is 0.394 e. The molecule has 1 amide bonds. The van der Waals surface area contributed by atoms with E-state index in [9.17, 15) is 9.90 Å². The highest BCUT2D eigenvalue weighted by atomic mass is 32.1. The molecule has 2 N–H and O–H groups in total. The summed E-state index contributed by atoms with van der Waals surface area (Å²) in [5.74, 6) is -0.0344. The SMILES string of the molecule is CCC(C)(CO)NC(=O)c1csc2c1CCCC2. The second-order valence-electron chi connectivity index (χ2n) is 5.28. The monoisotopic (exact) mass is 267 g/mol. The predicted molar refractivity (Wildman–Crippen MR) is 74.2 cm³/mol. The number of fused-ring (bicyclic) bond motifs is 1. The molecule has 18 heavy (non-hydrogen) atoms. The van der Waals surface area contributed by atoms with Crippen molar-refractivity contribution >= 4 is 17.2 Å². The maximum atomic E-state index is 12.3. The summed E-state index contributed by atoms with van der Waals surface area (Å²) < 4.78 is 0. The van der Waals surface area contributed by atoms with Crippen LogP contribution in [0.3, 0.4) is 0 Å². The van der Waals surface area contributed by atoms with E-state index in [4.69, 9.17) is 0 Å². The molecule has 0 fully saturated rings. The molecule has 3 nitrogen and oxygen atoms in total.